The van der Waals surface area contributed by atoms with Gasteiger partial charge in [0.25, 0.3) is 0 Å². The van der Waals surface area contributed by atoms with Crippen LogP contribution in [0.5, 0.6) is 0 Å². The summed E-state index contributed by atoms with van der Waals surface area (Å²) in [5.41, 5.74) is -1.51. The summed E-state index contributed by atoms with van der Waals surface area (Å²) in [6, 6.07) is 0. The minimum atomic E-state index is -1.05. The van der Waals surface area contributed by atoms with Gasteiger partial charge in [0.2, 0.25) is 5.91 Å². The highest BCUT2D eigenvalue weighted by Crippen LogP contribution is 2.34. The summed E-state index contributed by atoms with van der Waals surface area (Å²) in [5, 5.41) is 15.5. The number of hydrogen-bond acceptors (Lipinski definition) is 3. The summed E-state index contributed by atoms with van der Waals surface area (Å²) in [7, 11) is 0. The first-order valence-electron chi connectivity index (χ1n) is 7.15. The second-order valence-corrected chi connectivity index (χ2v) is 6.51. The molecule has 1 saturated heterocycles. The summed E-state index contributed by atoms with van der Waals surface area (Å²) in [5.74, 6) is -0.454. The second kappa shape index (κ2) is 5.12. The molecule has 1 aliphatic heterocycles. The van der Waals surface area contributed by atoms with E-state index in [0.717, 1.165) is 25.8 Å². The summed E-state index contributed by atoms with van der Waals surface area (Å²) in [6.07, 6.45) is 3.57. The maximum absolute atomic E-state index is 12.4. The lowest BCUT2D eigenvalue weighted by atomic mass is 9.76. The Morgan fingerprint density at radius 3 is 2.37 bits per heavy atom. The SMILES string of the molecule is CC1CCC(NC(=O)C2(C)CCNC2)(C(=O)O)CC1. The molecule has 108 valence electrons. The third-order valence-corrected chi connectivity index (χ3v) is 4.81. The van der Waals surface area contributed by atoms with Crippen molar-refractivity contribution < 1.29 is 14.7 Å². The fourth-order valence-electron chi connectivity index (χ4n) is 3.03. The van der Waals surface area contributed by atoms with E-state index in [2.05, 4.69) is 17.6 Å². The van der Waals surface area contributed by atoms with Gasteiger partial charge in [-0.2, -0.15) is 0 Å². The molecule has 5 nitrogen and oxygen atoms in total. The molecule has 1 heterocycles. The van der Waals surface area contributed by atoms with Crippen LogP contribution >= 0.6 is 0 Å². The van der Waals surface area contributed by atoms with Crippen LogP contribution in [-0.4, -0.2) is 35.6 Å². The van der Waals surface area contributed by atoms with Crippen LogP contribution in [0.4, 0.5) is 0 Å². The molecule has 0 radical (unpaired) electrons. The molecule has 0 spiro atoms. The number of rotatable bonds is 3. The van der Waals surface area contributed by atoms with Gasteiger partial charge in [-0.1, -0.05) is 6.92 Å². The van der Waals surface area contributed by atoms with Crippen molar-refractivity contribution in [3.05, 3.63) is 0 Å². The number of nitrogens with one attached hydrogen (secondary N) is 2. The molecule has 0 aromatic heterocycles. The average Bonchev–Trinajstić information content (AvgIpc) is 2.80. The Balaban J connectivity index is 2.09. The highest BCUT2D eigenvalue weighted by Gasteiger charge is 2.46. The van der Waals surface area contributed by atoms with Gasteiger partial charge in [0.1, 0.15) is 5.54 Å². The van der Waals surface area contributed by atoms with Crippen LogP contribution in [0.15, 0.2) is 0 Å². The van der Waals surface area contributed by atoms with Crippen molar-refractivity contribution in [2.75, 3.05) is 13.1 Å². The zero-order valence-corrected chi connectivity index (χ0v) is 11.8. The summed E-state index contributed by atoms with van der Waals surface area (Å²) >= 11 is 0. The van der Waals surface area contributed by atoms with Crippen molar-refractivity contribution in [1.29, 1.82) is 0 Å². The first kappa shape index (κ1) is 14.3. The van der Waals surface area contributed by atoms with E-state index in [-0.39, 0.29) is 5.91 Å². The molecule has 2 rings (SSSR count). The van der Waals surface area contributed by atoms with Crippen molar-refractivity contribution in [3.8, 4) is 0 Å². The maximum atomic E-state index is 12.4. The molecule has 1 atom stereocenters. The van der Waals surface area contributed by atoms with Crippen LogP contribution in [0, 0.1) is 11.3 Å². The first-order valence-corrected chi connectivity index (χ1v) is 7.15. The van der Waals surface area contributed by atoms with Crippen LogP contribution in [0.3, 0.4) is 0 Å². The molecule has 1 saturated carbocycles. The van der Waals surface area contributed by atoms with E-state index < -0.39 is 16.9 Å². The third-order valence-electron chi connectivity index (χ3n) is 4.81. The van der Waals surface area contributed by atoms with Gasteiger partial charge < -0.3 is 15.7 Å². The topological polar surface area (TPSA) is 78.4 Å². The van der Waals surface area contributed by atoms with Gasteiger partial charge >= 0.3 is 5.97 Å². The normalized spacial score (nSPS) is 38.9. The van der Waals surface area contributed by atoms with Crippen molar-refractivity contribution in [3.63, 3.8) is 0 Å². The van der Waals surface area contributed by atoms with Gasteiger partial charge in [0.05, 0.1) is 5.41 Å². The van der Waals surface area contributed by atoms with Crippen molar-refractivity contribution in [2.24, 2.45) is 11.3 Å². The molecule has 19 heavy (non-hydrogen) atoms. The lowest BCUT2D eigenvalue weighted by Crippen LogP contribution is -2.59. The number of hydrogen-bond donors (Lipinski definition) is 3. The Hall–Kier alpha value is -1.10. The van der Waals surface area contributed by atoms with Crippen molar-refractivity contribution >= 4 is 11.9 Å². The Morgan fingerprint density at radius 2 is 1.89 bits per heavy atom. The third kappa shape index (κ3) is 2.76. The summed E-state index contributed by atoms with van der Waals surface area (Å²) in [6.45, 7) is 5.49. The second-order valence-electron chi connectivity index (χ2n) is 6.51. The summed E-state index contributed by atoms with van der Waals surface area (Å²) in [4.78, 5) is 24.0. The van der Waals surface area contributed by atoms with E-state index in [1.807, 2.05) is 6.92 Å². The minimum absolute atomic E-state index is 0.116. The highest BCUT2D eigenvalue weighted by molar-refractivity contribution is 5.90. The van der Waals surface area contributed by atoms with Gasteiger partial charge in [-0.3, -0.25) is 4.79 Å². The number of carbonyl (C=O) groups excluding carboxylic acids is 1. The molecule has 0 bridgehead atoms. The Morgan fingerprint density at radius 1 is 1.26 bits per heavy atom. The summed E-state index contributed by atoms with van der Waals surface area (Å²) < 4.78 is 0. The van der Waals surface area contributed by atoms with Gasteiger partial charge in [-0.15, -0.1) is 0 Å². The standard InChI is InChI=1S/C14H24N2O3/c1-10-3-5-14(6-4-10,12(18)19)16-11(17)13(2)7-8-15-9-13/h10,15H,3-9H2,1-2H3,(H,16,17)(H,18,19). The van der Waals surface area contributed by atoms with Crippen molar-refractivity contribution in [1.82, 2.24) is 10.6 Å². The van der Waals surface area contributed by atoms with E-state index in [4.69, 9.17) is 0 Å². The van der Waals surface area contributed by atoms with Crippen LogP contribution in [-0.2, 0) is 9.59 Å². The maximum Gasteiger partial charge on any atom is 0.329 e. The number of carbonyl (C=O) groups is 2. The molecule has 0 aromatic carbocycles. The van der Waals surface area contributed by atoms with Gasteiger partial charge in [-0.25, -0.2) is 4.79 Å². The Kier molecular flexibility index (Phi) is 3.85. The zero-order chi connectivity index (χ0) is 14.1. The molecular weight excluding hydrogens is 244 g/mol. The quantitative estimate of drug-likeness (QED) is 0.717. The van der Waals surface area contributed by atoms with E-state index >= 15 is 0 Å². The lowest BCUT2D eigenvalue weighted by molar-refractivity contribution is -0.151. The van der Waals surface area contributed by atoms with E-state index in [0.29, 0.717) is 25.3 Å². The molecule has 1 amide bonds. The van der Waals surface area contributed by atoms with Crippen LogP contribution in [0.25, 0.3) is 0 Å². The molecule has 3 N–H and O–H groups in total. The Labute approximate surface area is 114 Å². The number of amides is 1. The van der Waals surface area contributed by atoms with Crippen LogP contribution in [0.1, 0.15) is 46.0 Å². The van der Waals surface area contributed by atoms with Crippen LogP contribution in [0.2, 0.25) is 0 Å². The molecule has 2 aliphatic rings. The van der Waals surface area contributed by atoms with Crippen molar-refractivity contribution in [2.45, 2.75) is 51.5 Å². The largest absolute Gasteiger partial charge is 0.480 e. The molecule has 5 heteroatoms. The number of aliphatic carboxylic acids is 1. The number of carboxylic acid groups (broad SMARTS) is 1. The first-order chi connectivity index (χ1) is 8.88. The van der Waals surface area contributed by atoms with E-state index in [1.165, 1.54) is 0 Å². The van der Waals surface area contributed by atoms with E-state index in [9.17, 15) is 14.7 Å². The zero-order valence-electron chi connectivity index (χ0n) is 11.8. The van der Waals surface area contributed by atoms with E-state index in [1.54, 1.807) is 0 Å². The number of carboxylic acids is 1. The molecule has 1 aliphatic carbocycles. The molecule has 0 aromatic rings. The predicted molar refractivity (Wildman–Crippen MR) is 71.7 cm³/mol. The highest BCUT2D eigenvalue weighted by atomic mass is 16.4. The molecular formula is C14H24N2O3. The Bertz CT molecular complexity index is 367. The lowest BCUT2D eigenvalue weighted by Gasteiger charge is -2.38. The molecule has 1 unspecified atom stereocenters. The fraction of sp³-hybridized carbons (Fsp3) is 0.857. The van der Waals surface area contributed by atoms with Gasteiger partial charge in [0, 0.05) is 6.54 Å². The van der Waals surface area contributed by atoms with Crippen LogP contribution < -0.4 is 10.6 Å². The minimum Gasteiger partial charge on any atom is -0.480 e. The smallest absolute Gasteiger partial charge is 0.329 e. The fourth-order valence-corrected chi connectivity index (χ4v) is 3.03. The van der Waals surface area contributed by atoms with Gasteiger partial charge in [-0.05, 0) is 51.5 Å². The monoisotopic (exact) mass is 268 g/mol. The van der Waals surface area contributed by atoms with Gasteiger partial charge in [0.15, 0.2) is 0 Å². The predicted octanol–water partition coefficient (Wildman–Crippen LogP) is 1.14. The average molecular weight is 268 g/mol. The molecule has 2 fully saturated rings.